The van der Waals surface area contributed by atoms with E-state index >= 15 is 0 Å². The number of rotatable bonds is 7. The Morgan fingerprint density at radius 1 is 1.00 bits per heavy atom. The highest BCUT2D eigenvalue weighted by molar-refractivity contribution is 7.80. The number of hydrogen-bond acceptors (Lipinski definition) is 6. The van der Waals surface area contributed by atoms with Gasteiger partial charge in [-0.15, -0.1) is 11.3 Å². The van der Waals surface area contributed by atoms with Crippen molar-refractivity contribution in [2.45, 2.75) is 20.8 Å². The van der Waals surface area contributed by atoms with E-state index in [1.807, 2.05) is 69.3 Å². The van der Waals surface area contributed by atoms with Crippen LogP contribution in [0.15, 0.2) is 54.6 Å². The second-order valence-corrected chi connectivity index (χ2v) is 9.74. The number of para-hydroxylation sites is 2. The van der Waals surface area contributed by atoms with E-state index in [4.69, 9.17) is 21.7 Å². The number of anilines is 2. The summed E-state index contributed by atoms with van der Waals surface area (Å²) in [6, 6.07) is 18.1. The van der Waals surface area contributed by atoms with Gasteiger partial charge in [0.05, 0.1) is 18.9 Å². The van der Waals surface area contributed by atoms with E-state index in [2.05, 4.69) is 21.2 Å². The van der Waals surface area contributed by atoms with Gasteiger partial charge in [0.1, 0.15) is 16.3 Å². The largest absolute Gasteiger partial charge is 0.492 e. The SMILES string of the molecule is CCOC(=O)c1c(NC(=S)N2CCN(c3ccccc3OCC)CC2)sc(C)c1-c1ccccc1. The van der Waals surface area contributed by atoms with Crippen molar-refractivity contribution in [1.29, 1.82) is 0 Å². The van der Waals surface area contributed by atoms with Crippen LogP contribution in [0, 0.1) is 6.92 Å². The zero-order chi connectivity index (χ0) is 24.8. The third-order valence-corrected chi connectivity index (χ3v) is 7.30. The molecule has 4 rings (SSSR count). The summed E-state index contributed by atoms with van der Waals surface area (Å²) in [5, 5.41) is 4.72. The van der Waals surface area contributed by atoms with Crippen molar-refractivity contribution in [3.63, 3.8) is 0 Å². The number of piperazine rings is 1. The van der Waals surface area contributed by atoms with E-state index in [0.717, 1.165) is 58.6 Å². The first-order valence-electron chi connectivity index (χ1n) is 11.9. The molecule has 6 nitrogen and oxygen atoms in total. The topological polar surface area (TPSA) is 54.0 Å². The molecule has 0 unspecified atom stereocenters. The molecular formula is C27H31N3O3S2. The fraction of sp³-hybridized carbons (Fsp3) is 0.333. The van der Waals surface area contributed by atoms with Gasteiger partial charge < -0.3 is 24.6 Å². The molecule has 35 heavy (non-hydrogen) atoms. The van der Waals surface area contributed by atoms with Crippen LogP contribution in [0.4, 0.5) is 10.7 Å². The normalized spacial score (nSPS) is 13.5. The predicted molar refractivity (Wildman–Crippen MR) is 148 cm³/mol. The van der Waals surface area contributed by atoms with Crippen LogP contribution < -0.4 is 15.0 Å². The summed E-state index contributed by atoms with van der Waals surface area (Å²) >= 11 is 7.32. The fourth-order valence-electron chi connectivity index (χ4n) is 4.31. The van der Waals surface area contributed by atoms with Crippen LogP contribution in [-0.2, 0) is 4.74 Å². The highest BCUT2D eigenvalue weighted by Crippen LogP contribution is 2.40. The minimum atomic E-state index is -0.335. The van der Waals surface area contributed by atoms with Gasteiger partial charge in [0.15, 0.2) is 5.11 Å². The number of thiocarbonyl (C=S) groups is 1. The number of thiophene rings is 1. The second kappa shape index (κ2) is 11.6. The van der Waals surface area contributed by atoms with Gasteiger partial charge in [-0.2, -0.15) is 0 Å². The molecule has 3 aromatic rings. The molecule has 1 saturated heterocycles. The van der Waals surface area contributed by atoms with Gasteiger partial charge in [0.25, 0.3) is 0 Å². The summed E-state index contributed by atoms with van der Waals surface area (Å²) in [5.41, 5.74) is 3.55. The summed E-state index contributed by atoms with van der Waals surface area (Å²) in [6.07, 6.45) is 0. The molecule has 8 heteroatoms. The molecule has 0 aliphatic carbocycles. The molecule has 1 aliphatic heterocycles. The van der Waals surface area contributed by atoms with Gasteiger partial charge in [-0.05, 0) is 50.7 Å². The van der Waals surface area contributed by atoms with Crippen molar-refractivity contribution in [2.24, 2.45) is 0 Å². The van der Waals surface area contributed by atoms with Gasteiger partial charge in [-0.1, -0.05) is 42.5 Å². The molecule has 1 aliphatic rings. The zero-order valence-electron chi connectivity index (χ0n) is 20.4. The van der Waals surface area contributed by atoms with Crippen molar-refractivity contribution in [3.05, 3.63) is 65.0 Å². The summed E-state index contributed by atoms with van der Waals surface area (Å²) in [6.45, 7) is 10.0. The van der Waals surface area contributed by atoms with E-state index in [1.165, 1.54) is 11.3 Å². The van der Waals surface area contributed by atoms with Crippen LogP contribution in [0.2, 0.25) is 0 Å². The van der Waals surface area contributed by atoms with Crippen molar-refractivity contribution in [2.75, 3.05) is 49.6 Å². The third kappa shape index (κ3) is 5.60. The number of esters is 1. The Kier molecular flexibility index (Phi) is 8.25. The third-order valence-electron chi connectivity index (χ3n) is 5.92. The number of benzene rings is 2. The molecular weight excluding hydrogens is 478 g/mol. The predicted octanol–water partition coefficient (Wildman–Crippen LogP) is 5.82. The lowest BCUT2D eigenvalue weighted by Gasteiger charge is -2.37. The number of carbonyl (C=O) groups is 1. The van der Waals surface area contributed by atoms with Crippen molar-refractivity contribution in [3.8, 4) is 16.9 Å². The van der Waals surface area contributed by atoms with Gasteiger partial charge in [0, 0.05) is 36.6 Å². The molecule has 0 atom stereocenters. The first kappa shape index (κ1) is 25.0. The van der Waals surface area contributed by atoms with E-state index in [1.54, 1.807) is 0 Å². The Bertz CT molecular complexity index is 1170. The summed E-state index contributed by atoms with van der Waals surface area (Å²) in [5.74, 6) is 0.573. The van der Waals surface area contributed by atoms with Gasteiger partial charge >= 0.3 is 5.97 Å². The van der Waals surface area contributed by atoms with E-state index in [9.17, 15) is 4.79 Å². The number of nitrogens with zero attached hydrogens (tertiary/aromatic N) is 2. The highest BCUT2D eigenvalue weighted by Gasteiger charge is 2.27. The monoisotopic (exact) mass is 509 g/mol. The maximum absolute atomic E-state index is 13.0. The maximum atomic E-state index is 13.0. The summed E-state index contributed by atoms with van der Waals surface area (Å²) < 4.78 is 11.2. The van der Waals surface area contributed by atoms with Gasteiger partial charge in [-0.25, -0.2) is 4.79 Å². The van der Waals surface area contributed by atoms with Gasteiger partial charge in [-0.3, -0.25) is 0 Å². The Hall–Kier alpha value is -3.10. The molecule has 184 valence electrons. The van der Waals surface area contributed by atoms with Gasteiger partial charge in [0.2, 0.25) is 0 Å². The minimum Gasteiger partial charge on any atom is -0.492 e. The first-order chi connectivity index (χ1) is 17.0. The van der Waals surface area contributed by atoms with Crippen LogP contribution in [0.1, 0.15) is 29.1 Å². The van der Waals surface area contributed by atoms with Crippen LogP contribution in [0.25, 0.3) is 11.1 Å². The Morgan fingerprint density at radius 3 is 2.37 bits per heavy atom. The molecule has 1 aromatic heterocycles. The zero-order valence-corrected chi connectivity index (χ0v) is 22.0. The van der Waals surface area contributed by atoms with E-state index in [0.29, 0.717) is 23.9 Å². The number of nitrogens with one attached hydrogen (secondary N) is 1. The first-order valence-corrected chi connectivity index (χ1v) is 13.1. The molecule has 0 saturated carbocycles. The number of hydrogen-bond donors (Lipinski definition) is 1. The average Bonchev–Trinajstić information content (AvgIpc) is 3.20. The lowest BCUT2D eigenvalue weighted by Crippen LogP contribution is -2.50. The van der Waals surface area contributed by atoms with Crippen LogP contribution in [0.3, 0.4) is 0 Å². The number of ether oxygens (including phenoxy) is 2. The Morgan fingerprint density at radius 2 is 1.69 bits per heavy atom. The summed E-state index contributed by atoms with van der Waals surface area (Å²) in [4.78, 5) is 18.5. The lowest BCUT2D eigenvalue weighted by atomic mass is 10.0. The quantitative estimate of drug-likeness (QED) is 0.318. The highest BCUT2D eigenvalue weighted by atomic mass is 32.1. The van der Waals surface area contributed by atoms with Crippen molar-refractivity contribution in [1.82, 2.24) is 4.90 Å². The molecule has 0 radical (unpaired) electrons. The molecule has 1 N–H and O–H groups in total. The number of aryl methyl sites for hydroxylation is 1. The molecule has 0 spiro atoms. The molecule has 1 fully saturated rings. The second-order valence-electron chi connectivity index (χ2n) is 8.13. The minimum absolute atomic E-state index is 0.316. The van der Waals surface area contributed by atoms with E-state index < -0.39 is 0 Å². The molecule has 2 heterocycles. The Labute approximate surface area is 216 Å². The number of carbonyl (C=O) groups excluding carboxylic acids is 1. The van der Waals surface area contributed by atoms with Crippen molar-refractivity contribution >= 4 is 45.3 Å². The maximum Gasteiger partial charge on any atom is 0.341 e. The van der Waals surface area contributed by atoms with Crippen LogP contribution >= 0.6 is 23.6 Å². The molecule has 2 aromatic carbocycles. The van der Waals surface area contributed by atoms with Crippen LogP contribution in [-0.4, -0.2) is 55.4 Å². The van der Waals surface area contributed by atoms with Crippen LogP contribution in [0.5, 0.6) is 5.75 Å². The average molecular weight is 510 g/mol. The lowest BCUT2D eigenvalue weighted by molar-refractivity contribution is 0.0529. The molecule has 0 amide bonds. The smallest absolute Gasteiger partial charge is 0.341 e. The molecule has 0 bridgehead atoms. The Balaban J connectivity index is 1.50. The standard InChI is InChI=1S/C27H31N3O3S2/c1-4-32-22-14-10-9-13-21(22)29-15-17-30(18-16-29)27(34)28-25-24(26(31)33-5-2)23(19(3)35-25)20-11-7-6-8-12-20/h6-14H,4-5,15-18H2,1-3H3,(H,28,34). The summed E-state index contributed by atoms with van der Waals surface area (Å²) in [7, 11) is 0. The van der Waals surface area contributed by atoms with Crippen molar-refractivity contribution < 1.29 is 14.3 Å². The fourth-order valence-corrected chi connectivity index (χ4v) is 5.72. The van der Waals surface area contributed by atoms with E-state index in [-0.39, 0.29) is 5.97 Å².